The standard InChI is InChI=1S/C43H47N5O7/c44-30-12-14-31(15-13-30)48(42(52)53)36-23-27(10-16-32(36)29-8-4-1-5-9-29)7-3-2-6-22-47-35-19-11-28(24-39(35)55-43(47)54)25-45-26-38(50)33-17-20-37(49)41-34(33)18-21-40(51)46-41/h1,4-5,8-11,16-21,23-24,30-31,38,45,49-50H,2-3,6-7,12-15,22,25-26,44H2,(H,46,51)(H,52,53)/t30-,31-,38?. The number of nitrogens with zero attached hydrogens (tertiary/aromatic N) is 2. The van der Waals surface area contributed by atoms with Crippen LogP contribution >= 0.6 is 0 Å². The first kappa shape index (κ1) is 37.6. The van der Waals surface area contributed by atoms with Crippen molar-refractivity contribution < 1.29 is 24.5 Å². The molecule has 286 valence electrons. The maximum absolute atomic E-state index is 12.8. The summed E-state index contributed by atoms with van der Waals surface area (Å²) in [5.74, 6) is -0.476. The second-order valence-electron chi connectivity index (χ2n) is 14.5. The normalized spacial score (nSPS) is 16.4. The number of aromatic amines is 1. The SMILES string of the molecule is N[C@H]1CC[C@H](N(C(=O)O)c2cc(CCCCCn3c(=O)oc4cc(CNCC(O)c5ccc(O)c6[nH]c(=O)ccc56)ccc43)ccc2-c2ccccc2)CC1. The summed E-state index contributed by atoms with van der Waals surface area (Å²) in [4.78, 5) is 41.5. The molecular formula is C43H47N5O7. The van der Waals surface area contributed by atoms with Crippen LogP contribution in [0.4, 0.5) is 10.5 Å². The summed E-state index contributed by atoms with van der Waals surface area (Å²) in [6, 6.07) is 27.7. The third-order valence-electron chi connectivity index (χ3n) is 10.7. The van der Waals surface area contributed by atoms with Gasteiger partial charge in [-0.25, -0.2) is 9.59 Å². The summed E-state index contributed by atoms with van der Waals surface area (Å²) in [6.07, 6.45) is 4.54. The lowest BCUT2D eigenvalue weighted by Gasteiger charge is -2.35. The van der Waals surface area contributed by atoms with Crippen molar-refractivity contribution in [2.24, 2.45) is 5.73 Å². The van der Waals surface area contributed by atoms with Gasteiger partial charge in [0, 0.05) is 48.7 Å². The number of aromatic nitrogens is 2. The topological polar surface area (TPSA) is 187 Å². The predicted molar refractivity (Wildman–Crippen MR) is 214 cm³/mol. The maximum Gasteiger partial charge on any atom is 0.419 e. The van der Waals surface area contributed by atoms with Gasteiger partial charge >= 0.3 is 11.8 Å². The Labute approximate surface area is 317 Å². The highest BCUT2D eigenvalue weighted by Gasteiger charge is 2.30. The number of pyridine rings is 1. The van der Waals surface area contributed by atoms with E-state index in [1.807, 2.05) is 60.7 Å². The summed E-state index contributed by atoms with van der Waals surface area (Å²) in [6.45, 7) is 1.14. The Hall–Kier alpha value is -5.69. The van der Waals surface area contributed by atoms with E-state index in [1.54, 1.807) is 21.6 Å². The number of aromatic hydroxyl groups is 1. The van der Waals surface area contributed by atoms with E-state index < -0.39 is 18.0 Å². The molecular weight excluding hydrogens is 699 g/mol. The number of nitrogens with one attached hydrogen (secondary N) is 2. The molecule has 0 radical (unpaired) electrons. The van der Waals surface area contributed by atoms with Crippen molar-refractivity contribution >= 4 is 33.8 Å². The number of aliphatic hydroxyl groups excluding tert-OH is 1. The minimum Gasteiger partial charge on any atom is -0.506 e. The molecule has 1 aliphatic carbocycles. The third-order valence-corrected chi connectivity index (χ3v) is 10.7. The van der Waals surface area contributed by atoms with E-state index in [0.717, 1.165) is 79.1 Å². The fourth-order valence-electron chi connectivity index (χ4n) is 7.83. The monoisotopic (exact) mass is 745 g/mol. The van der Waals surface area contributed by atoms with Gasteiger partial charge in [-0.15, -0.1) is 0 Å². The average molecular weight is 746 g/mol. The number of aryl methyl sites for hydroxylation is 2. The molecule has 2 aromatic heterocycles. The van der Waals surface area contributed by atoms with Gasteiger partial charge < -0.3 is 35.8 Å². The molecule has 1 aliphatic rings. The highest BCUT2D eigenvalue weighted by molar-refractivity contribution is 5.94. The van der Waals surface area contributed by atoms with Crippen LogP contribution in [0.5, 0.6) is 5.75 Å². The summed E-state index contributed by atoms with van der Waals surface area (Å²) < 4.78 is 7.27. The zero-order chi connectivity index (χ0) is 38.5. The van der Waals surface area contributed by atoms with Crippen LogP contribution < -0.4 is 27.3 Å². The van der Waals surface area contributed by atoms with E-state index >= 15 is 0 Å². The summed E-state index contributed by atoms with van der Waals surface area (Å²) in [7, 11) is 0. The third kappa shape index (κ3) is 8.51. The Kier molecular flexibility index (Phi) is 11.5. The number of carboxylic acid groups (broad SMARTS) is 1. The molecule has 0 bridgehead atoms. The average Bonchev–Trinajstić information content (AvgIpc) is 3.49. The largest absolute Gasteiger partial charge is 0.506 e. The number of hydrogen-bond donors (Lipinski definition) is 6. The number of benzene rings is 4. The molecule has 1 atom stereocenters. The zero-order valence-electron chi connectivity index (χ0n) is 30.6. The van der Waals surface area contributed by atoms with Gasteiger partial charge in [0.2, 0.25) is 5.56 Å². The van der Waals surface area contributed by atoms with Gasteiger partial charge in [0.1, 0.15) is 5.75 Å². The fraction of sp³-hybridized carbons (Fsp3) is 0.326. The Bertz CT molecular complexity index is 2390. The fourth-order valence-corrected chi connectivity index (χ4v) is 7.83. The minimum atomic E-state index is -0.949. The second-order valence-corrected chi connectivity index (χ2v) is 14.5. The lowest BCUT2D eigenvalue weighted by molar-refractivity contribution is 0.176. The maximum atomic E-state index is 12.8. The number of aliphatic hydroxyl groups is 1. The predicted octanol–water partition coefficient (Wildman–Crippen LogP) is 6.80. The number of oxazole rings is 1. The van der Waals surface area contributed by atoms with Crippen LogP contribution in [0.1, 0.15) is 67.7 Å². The number of phenolic OH excluding ortho intramolecular Hbond substituents is 1. The van der Waals surface area contributed by atoms with E-state index in [4.69, 9.17) is 10.2 Å². The van der Waals surface area contributed by atoms with Gasteiger partial charge in [0.25, 0.3) is 0 Å². The summed E-state index contributed by atoms with van der Waals surface area (Å²) >= 11 is 0. The van der Waals surface area contributed by atoms with Gasteiger partial charge in [-0.3, -0.25) is 14.3 Å². The number of unbranched alkanes of at least 4 members (excludes halogenated alkanes) is 2. The van der Waals surface area contributed by atoms with Gasteiger partial charge in [0.05, 0.1) is 22.8 Å². The number of amides is 1. The molecule has 7 N–H and O–H groups in total. The molecule has 6 aromatic rings. The van der Waals surface area contributed by atoms with Crippen molar-refractivity contribution in [3.63, 3.8) is 0 Å². The Morgan fingerprint density at radius 3 is 2.49 bits per heavy atom. The Morgan fingerprint density at radius 2 is 1.71 bits per heavy atom. The summed E-state index contributed by atoms with van der Waals surface area (Å²) in [5.41, 5.74) is 12.4. The number of rotatable bonds is 14. The first-order valence-electron chi connectivity index (χ1n) is 19.0. The molecule has 55 heavy (non-hydrogen) atoms. The highest BCUT2D eigenvalue weighted by Crippen LogP contribution is 2.37. The minimum absolute atomic E-state index is 0.0655. The number of H-pyrrole nitrogens is 1. The molecule has 0 aliphatic heterocycles. The van der Waals surface area contributed by atoms with Crippen LogP contribution in [0, 0.1) is 0 Å². The molecule has 1 amide bonds. The van der Waals surface area contributed by atoms with Crippen LogP contribution in [0.2, 0.25) is 0 Å². The first-order valence-corrected chi connectivity index (χ1v) is 19.0. The molecule has 0 saturated heterocycles. The van der Waals surface area contributed by atoms with E-state index in [9.17, 15) is 29.7 Å². The van der Waals surface area contributed by atoms with Crippen molar-refractivity contribution in [1.82, 2.24) is 14.9 Å². The molecule has 12 heteroatoms. The van der Waals surface area contributed by atoms with Crippen LogP contribution in [0.25, 0.3) is 33.1 Å². The van der Waals surface area contributed by atoms with Gasteiger partial charge in [-0.05, 0) is 97.5 Å². The summed E-state index contributed by atoms with van der Waals surface area (Å²) in [5, 5.41) is 35.3. The number of anilines is 1. The van der Waals surface area contributed by atoms with Crippen molar-refractivity contribution in [3.8, 4) is 16.9 Å². The number of phenols is 1. The van der Waals surface area contributed by atoms with Crippen LogP contribution in [0.15, 0.2) is 105 Å². The molecule has 0 spiro atoms. The van der Waals surface area contributed by atoms with Crippen molar-refractivity contribution in [2.45, 2.75) is 82.6 Å². The van der Waals surface area contributed by atoms with Gasteiger partial charge in [-0.2, -0.15) is 0 Å². The molecule has 1 fully saturated rings. The number of fused-ring (bicyclic) bond motifs is 2. The molecule has 2 heterocycles. The van der Waals surface area contributed by atoms with Crippen LogP contribution in [0.3, 0.4) is 0 Å². The highest BCUT2D eigenvalue weighted by atomic mass is 16.4. The molecule has 12 nitrogen and oxygen atoms in total. The number of hydrogen-bond acceptors (Lipinski definition) is 8. The van der Waals surface area contributed by atoms with Crippen LogP contribution in [-0.2, 0) is 19.5 Å². The zero-order valence-corrected chi connectivity index (χ0v) is 30.6. The quantitative estimate of drug-likeness (QED) is 0.0652. The number of carbonyl (C=O) groups is 1. The smallest absolute Gasteiger partial charge is 0.419 e. The lowest BCUT2D eigenvalue weighted by atomic mass is 9.89. The van der Waals surface area contributed by atoms with Crippen molar-refractivity contribution in [3.05, 3.63) is 129 Å². The first-order chi connectivity index (χ1) is 26.7. The molecule has 1 saturated carbocycles. The number of nitrogens with two attached hydrogens (primary N) is 1. The van der Waals surface area contributed by atoms with Crippen molar-refractivity contribution in [2.75, 3.05) is 11.4 Å². The molecule has 7 rings (SSSR count). The molecule has 4 aromatic carbocycles. The van der Waals surface area contributed by atoms with E-state index in [-0.39, 0.29) is 35.5 Å². The van der Waals surface area contributed by atoms with E-state index in [1.165, 1.54) is 12.1 Å². The molecule has 1 unspecified atom stereocenters. The second kappa shape index (κ2) is 16.8. The van der Waals surface area contributed by atoms with Crippen molar-refractivity contribution in [1.29, 1.82) is 0 Å². The van der Waals surface area contributed by atoms with Gasteiger partial charge in [0.15, 0.2) is 5.58 Å². The Balaban J connectivity index is 0.954. The lowest BCUT2D eigenvalue weighted by Crippen LogP contribution is -2.44. The van der Waals surface area contributed by atoms with Crippen LogP contribution in [-0.4, -0.2) is 49.6 Å². The van der Waals surface area contributed by atoms with Gasteiger partial charge in [-0.1, -0.05) is 61.0 Å². The van der Waals surface area contributed by atoms with E-state index in [0.29, 0.717) is 35.3 Å². The Morgan fingerprint density at radius 1 is 0.927 bits per heavy atom. The van der Waals surface area contributed by atoms with E-state index in [2.05, 4.69) is 16.4 Å².